The number of halogens is 10. The van der Waals surface area contributed by atoms with Gasteiger partial charge in [-0.25, -0.2) is 43.9 Å². The zero-order valence-corrected chi connectivity index (χ0v) is 14.4. The molecule has 0 radical (unpaired) electrons. The van der Waals surface area contributed by atoms with E-state index in [1.54, 1.807) is 0 Å². The lowest BCUT2D eigenvalue weighted by Crippen LogP contribution is -2.64. The summed E-state index contributed by atoms with van der Waals surface area (Å²) in [5.41, 5.74) is -4.92. The molecular formula is C16H10BF10N. The van der Waals surface area contributed by atoms with Crippen molar-refractivity contribution in [2.24, 2.45) is 0 Å². The number of rotatable bonds is 3. The van der Waals surface area contributed by atoms with E-state index < -0.39 is 81.5 Å². The van der Waals surface area contributed by atoms with E-state index in [4.69, 9.17) is 0 Å². The Hall–Kier alpha value is -2.24. The van der Waals surface area contributed by atoms with Gasteiger partial charge in [-0.05, 0) is 20.8 Å². The molecule has 152 valence electrons. The minimum atomic E-state index is -2.60. The first kappa shape index (κ1) is 22.1. The summed E-state index contributed by atoms with van der Waals surface area (Å²) in [4.78, 5) is 0. The van der Waals surface area contributed by atoms with Crippen molar-refractivity contribution in [3.8, 4) is 0 Å². The highest BCUT2D eigenvalue weighted by molar-refractivity contribution is 6.83. The first-order chi connectivity index (χ1) is 12.7. The summed E-state index contributed by atoms with van der Waals surface area (Å²) < 4.78 is 138. The van der Waals surface area contributed by atoms with Gasteiger partial charge in [-0.15, -0.1) is 0 Å². The molecule has 0 bridgehead atoms. The first-order valence-electron chi connectivity index (χ1n) is 7.51. The third kappa shape index (κ3) is 3.57. The summed E-state index contributed by atoms with van der Waals surface area (Å²) in [7, 11) is 0. The van der Waals surface area contributed by atoms with Crippen LogP contribution in [0, 0.1) is 58.2 Å². The molecule has 0 aliphatic carbocycles. The van der Waals surface area contributed by atoms with Gasteiger partial charge in [-0.3, -0.25) is 0 Å². The number of hydrogen-bond donors (Lipinski definition) is 1. The van der Waals surface area contributed by atoms with Crippen LogP contribution in [0.3, 0.4) is 0 Å². The maximum absolute atomic E-state index is 14.2. The molecule has 0 heterocycles. The Labute approximate surface area is 152 Å². The SMILES string of the molecule is CC(C)(C)NB(c1c(F)c(F)c(F)c(F)c1F)c1c(F)c(F)c(F)c(F)c1F. The average molecular weight is 417 g/mol. The van der Waals surface area contributed by atoms with Crippen molar-refractivity contribution in [3.63, 3.8) is 0 Å². The fraction of sp³-hybridized carbons (Fsp3) is 0.250. The fourth-order valence-corrected chi connectivity index (χ4v) is 2.47. The predicted octanol–water partition coefficient (Wildman–Crippen LogP) is 3.57. The largest absolute Gasteiger partial charge is 0.343 e. The standard InChI is InChI=1S/C16H10BF10N/c1-16(2,3)28-17(4-6(18)10(22)14(26)11(23)7(4)19)5-8(20)12(24)15(27)13(25)9(5)21/h28H,1-3H3. The molecule has 2 aromatic rings. The van der Waals surface area contributed by atoms with Crippen LogP contribution in [-0.4, -0.2) is 12.4 Å². The van der Waals surface area contributed by atoms with E-state index in [9.17, 15) is 43.9 Å². The van der Waals surface area contributed by atoms with Crippen molar-refractivity contribution in [1.29, 1.82) is 0 Å². The maximum atomic E-state index is 14.2. The Balaban J connectivity index is 2.97. The van der Waals surface area contributed by atoms with Gasteiger partial charge >= 0.3 is 6.85 Å². The lowest BCUT2D eigenvalue weighted by Gasteiger charge is -2.28. The number of nitrogens with one attached hydrogen (secondary N) is 1. The molecule has 0 saturated carbocycles. The molecule has 0 spiro atoms. The van der Waals surface area contributed by atoms with Gasteiger partial charge < -0.3 is 5.23 Å². The second kappa shape index (κ2) is 7.30. The molecule has 0 amide bonds. The molecule has 0 aliphatic rings. The molecule has 1 N–H and O–H groups in total. The van der Waals surface area contributed by atoms with Crippen molar-refractivity contribution in [2.45, 2.75) is 26.3 Å². The highest BCUT2D eigenvalue weighted by Gasteiger charge is 2.41. The Morgan fingerprint density at radius 3 is 0.893 bits per heavy atom. The average Bonchev–Trinajstić information content (AvgIpc) is 2.60. The van der Waals surface area contributed by atoms with Crippen LogP contribution in [0.1, 0.15) is 20.8 Å². The quantitative estimate of drug-likeness (QED) is 0.349. The maximum Gasteiger partial charge on any atom is 0.303 e. The summed E-state index contributed by atoms with van der Waals surface area (Å²) in [6.07, 6.45) is 0. The Bertz CT molecular complexity index is 826. The monoisotopic (exact) mass is 417 g/mol. The lowest BCUT2D eigenvalue weighted by atomic mass is 9.49. The summed E-state index contributed by atoms with van der Waals surface area (Å²) in [5.74, 6) is -24.8. The van der Waals surface area contributed by atoms with Crippen LogP contribution in [0.4, 0.5) is 43.9 Å². The molecule has 0 aromatic heterocycles. The highest BCUT2D eigenvalue weighted by Crippen LogP contribution is 2.20. The highest BCUT2D eigenvalue weighted by atomic mass is 19.2. The van der Waals surface area contributed by atoms with Crippen LogP contribution >= 0.6 is 0 Å². The fourth-order valence-electron chi connectivity index (χ4n) is 2.47. The van der Waals surface area contributed by atoms with Crippen molar-refractivity contribution in [3.05, 3.63) is 58.2 Å². The Morgan fingerprint density at radius 1 is 0.464 bits per heavy atom. The molecule has 0 atom stereocenters. The molecule has 2 aromatic carbocycles. The second-order valence-corrected chi connectivity index (χ2v) is 6.79. The molecule has 2 rings (SSSR count). The normalized spacial score (nSPS) is 11.9. The van der Waals surface area contributed by atoms with Crippen molar-refractivity contribution < 1.29 is 43.9 Å². The van der Waals surface area contributed by atoms with Gasteiger partial charge in [0.15, 0.2) is 58.2 Å². The predicted molar refractivity (Wildman–Crippen MR) is 80.4 cm³/mol. The first-order valence-corrected chi connectivity index (χ1v) is 7.51. The zero-order chi connectivity index (χ0) is 21.7. The van der Waals surface area contributed by atoms with Gasteiger partial charge in [0.1, 0.15) is 0 Å². The molecule has 0 unspecified atom stereocenters. The van der Waals surface area contributed by atoms with Crippen LogP contribution in [0.25, 0.3) is 0 Å². The van der Waals surface area contributed by atoms with Gasteiger partial charge in [0.05, 0.1) is 0 Å². The molecular weight excluding hydrogens is 407 g/mol. The van der Waals surface area contributed by atoms with E-state index in [1.807, 2.05) is 0 Å². The van der Waals surface area contributed by atoms with Crippen molar-refractivity contribution in [1.82, 2.24) is 5.23 Å². The molecule has 12 heteroatoms. The van der Waals surface area contributed by atoms with E-state index in [0.717, 1.165) is 0 Å². The smallest absolute Gasteiger partial charge is 0.303 e. The van der Waals surface area contributed by atoms with Crippen LogP contribution < -0.4 is 16.2 Å². The minimum Gasteiger partial charge on any atom is -0.343 e. The van der Waals surface area contributed by atoms with E-state index in [1.165, 1.54) is 20.8 Å². The second-order valence-electron chi connectivity index (χ2n) is 6.79. The summed E-state index contributed by atoms with van der Waals surface area (Å²) in [5, 5.41) is 2.13. The molecule has 0 fully saturated rings. The zero-order valence-electron chi connectivity index (χ0n) is 14.4. The molecule has 0 saturated heterocycles. The van der Waals surface area contributed by atoms with Crippen LogP contribution in [0.2, 0.25) is 0 Å². The summed E-state index contributed by atoms with van der Waals surface area (Å²) >= 11 is 0. The molecule has 1 nitrogen and oxygen atoms in total. The van der Waals surface area contributed by atoms with E-state index in [-0.39, 0.29) is 0 Å². The summed E-state index contributed by atoms with van der Waals surface area (Å²) in [6.45, 7) is 1.18. The Kier molecular flexibility index (Phi) is 5.75. The van der Waals surface area contributed by atoms with Crippen LogP contribution in [0.5, 0.6) is 0 Å². The lowest BCUT2D eigenvalue weighted by molar-refractivity contribution is 0.381. The topological polar surface area (TPSA) is 12.0 Å². The van der Waals surface area contributed by atoms with E-state index >= 15 is 0 Å². The summed E-state index contributed by atoms with van der Waals surface area (Å²) in [6, 6.07) is 0. The third-order valence-electron chi connectivity index (χ3n) is 3.64. The molecule has 0 aliphatic heterocycles. The van der Waals surface area contributed by atoms with Crippen LogP contribution in [0.15, 0.2) is 0 Å². The van der Waals surface area contributed by atoms with Crippen molar-refractivity contribution in [2.75, 3.05) is 0 Å². The van der Waals surface area contributed by atoms with Crippen LogP contribution in [-0.2, 0) is 0 Å². The third-order valence-corrected chi connectivity index (χ3v) is 3.64. The van der Waals surface area contributed by atoms with Gasteiger partial charge in [0, 0.05) is 16.5 Å². The number of benzene rings is 2. The number of hydrogen-bond acceptors (Lipinski definition) is 1. The van der Waals surface area contributed by atoms with Crippen molar-refractivity contribution >= 4 is 17.8 Å². The minimum absolute atomic E-state index is 1.26. The van der Waals surface area contributed by atoms with Gasteiger partial charge in [0.25, 0.3) is 0 Å². The van der Waals surface area contributed by atoms with Gasteiger partial charge in [0.2, 0.25) is 0 Å². The molecule has 28 heavy (non-hydrogen) atoms. The Morgan fingerprint density at radius 2 is 0.679 bits per heavy atom. The van der Waals surface area contributed by atoms with E-state index in [0.29, 0.717) is 0 Å². The van der Waals surface area contributed by atoms with E-state index in [2.05, 4.69) is 5.23 Å². The van der Waals surface area contributed by atoms with Gasteiger partial charge in [-0.1, -0.05) is 0 Å². The van der Waals surface area contributed by atoms with Gasteiger partial charge in [-0.2, -0.15) is 0 Å².